The molecule has 0 bridgehead atoms. The Hall–Kier alpha value is -2.24. The van der Waals surface area contributed by atoms with E-state index in [-0.39, 0.29) is 4.90 Å². The summed E-state index contributed by atoms with van der Waals surface area (Å²) in [6, 6.07) is 16.8. The predicted molar refractivity (Wildman–Crippen MR) is 91.9 cm³/mol. The van der Waals surface area contributed by atoms with Crippen LogP contribution in [0.15, 0.2) is 65.7 Å². The number of pyridine rings is 1. The minimum atomic E-state index is -3.51. The first-order chi connectivity index (χ1) is 10.9. The van der Waals surface area contributed by atoms with Crippen LogP contribution in [0.5, 0.6) is 0 Å². The Balaban J connectivity index is 0.000000167. The van der Waals surface area contributed by atoms with E-state index in [1.165, 1.54) is 22.9 Å². The van der Waals surface area contributed by atoms with Gasteiger partial charge in [0, 0.05) is 17.3 Å². The van der Waals surface area contributed by atoms with Crippen molar-refractivity contribution in [3.8, 4) is 0 Å². The Labute approximate surface area is 136 Å². The van der Waals surface area contributed by atoms with Crippen molar-refractivity contribution in [1.82, 2.24) is 4.98 Å². The molecule has 0 unspecified atom stereocenters. The zero-order valence-corrected chi connectivity index (χ0v) is 14.2. The molecular formula is C18H19NO3S. The third-order valence-electron chi connectivity index (χ3n) is 3.30. The fourth-order valence-electron chi connectivity index (χ4n) is 1.99. The third kappa shape index (κ3) is 4.61. The first-order valence-corrected chi connectivity index (χ1v) is 8.52. The highest BCUT2D eigenvalue weighted by atomic mass is 32.2. The summed E-state index contributed by atoms with van der Waals surface area (Å²) in [4.78, 5) is 4.40. The Kier molecular flexibility index (Phi) is 5.47. The molecule has 0 spiro atoms. The van der Waals surface area contributed by atoms with E-state index in [1.54, 1.807) is 12.1 Å². The second-order valence-corrected chi connectivity index (χ2v) is 6.82. The summed E-state index contributed by atoms with van der Waals surface area (Å²) >= 11 is 0. The summed E-state index contributed by atoms with van der Waals surface area (Å²) in [7, 11) is -2.37. The number of aromatic nitrogens is 1. The second kappa shape index (κ2) is 7.35. The van der Waals surface area contributed by atoms with E-state index < -0.39 is 10.1 Å². The van der Waals surface area contributed by atoms with E-state index in [1.807, 2.05) is 32.2 Å². The van der Waals surface area contributed by atoms with E-state index in [4.69, 9.17) is 0 Å². The summed E-state index contributed by atoms with van der Waals surface area (Å²) in [5.41, 5.74) is 2.09. The van der Waals surface area contributed by atoms with Gasteiger partial charge in [-0.2, -0.15) is 8.42 Å². The molecule has 1 aromatic heterocycles. The monoisotopic (exact) mass is 329 g/mol. The maximum absolute atomic E-state index is 11.1. The van der Waals surface area contributed by atoms with Gasteiger partial charge in [0.05, 0.1) is 12.0 Å². The topological polar surface area (TPSA) is 56.3 Å². The van der Waals surface area contributed by atoms with E-state index in [0.29, 0.717) is 0 Å². The van der Waals surface area contributed by atoms with Gasteiger partial charge in [0.15, 0.2) is 0 Å². The maximum atomic E-state index is 11.1. The van der Waals surface area contributed by atoms with Crippen molar-refractivity contribution in [2.24, 2.45) is 0 Å². The molecule has 3 rings (SSSR count). The van der Waals surface area contributed by atoms with E-state index in [2.05, 4.69) is 27.4 Å². The van der Waals surface area contributed by atoms with Crippen LogP contribution in [0.3, 0.4) is 0 Å². The van der Waals surface area contributed by atoms with Gasteiger partial charge in [0.1, 0.15) is 0 Å². The number of rotatable bonds is 2. The van der Waals surface area contributed by atoms with E-state index in [0.717, 1.165) is 18.4 Å². The predicted octanol–water partition coefficient (Wildman–Crippen LogP) is 3.87. The highest BCUT2D eigenvalue weighted by molar-refractivity contribution is 7.86. The molecule has 4 nitrogen and oxygen atoms in total. The summed E-state index contributed by atoms with van der Waals surface area (Å²) in [5.74, 6) is 0. The largest absolute Gasteiger partial charge is 0.296 e. The number of aryl methyl sites for hydroxylation is 2. The zero-order valence-electron chi connectivity index (χ0n) is 13.4. The Morgan fingerprint density at radius 3 is 2.13 bits per heavy atom. The molecule has 0 saturated heterocycles. The van der Waals surface area contributed by atoms with Crippen molar-refractivity contribution in [1.29, 1.82) is 0 Å². The number of hydrogen-bond donors (Lipinski definition) is 0. The molecule has 5 heteroatoms. The molecule has 23 heavy (non-hydrogen) atoms. The molecule has 0 radical (unpaired) electrons. The lowest BCUT2D eigenvalue weighted by Crippen LogP contribution is -2.02. The summed E-state index contributed by atoms with van der Waals surface area (Å²) in [6.07, 6.45) is 1.91. The van der Waals surface area contributed by atoms with Gasteiger partial charge in [0.25, 0.3) is 10.1 Å². The second-order valence-electron chi connectivity index (χ2n) is 5.11. The van der Waals surface area contributed by atoms with Crippen molar-refractivity contribution in [2.75, 3.05) is 7.11 Å². The van der Waals surface area contributed by atoms with Crippen LogP contribution >= 0.6 is 0 Å². The molecule has 0 atom stereocenters. The quantitative estimate of drug-likeness (QED) is 0.670. The molecule has 0 fully saturated rings. The molecule has 0 aliphatic rings. The molecule has 0 saturated carbocycles. The van der Waals surface area contributed by atoms with Crippen molar-refractivity contribution >= 4 is 20.9 Å². The lowest BCUT2D eigenvalue weighted by molar-refractivity contribution is 0.398. The van der Waals surface area contributed by atoms with Crippen LogP contribution in [0, 0.1) is 13.8 Å². The molecule has 2 aromatic carbocycles. The lowest BCUT2D eigenvalue weighted by atomic mass is 10.1. The average molecular weight is 329 g/mol. The molecule has 1 heterocycles. The third-order valence-corrected chi connectivity index (χ3v) is 4.59. The van der Waals surface area contributed by atoms with Crippen LogP contribution in [0.4, 0.5) is 0 Å². The number of hydrogen-bond acceptors (Lipinski definition) is 4. The molecule has 3 aromatic rings. The lowest BCUT2D eigenvalue weighted by Gasteiger charge is -2.00. The van der Waals surface area contributed by atoms with Gasteiger partial charge in [-0.15, -0.1) is 0 Å². The summed E-state index contributed by atoms with van der Waals surface area (Å²) in [6.45, 7) is 3.90. The van der Waals surface area contributed by atoms with Gasteiger partial charge in [-0.1, -0.05) is 42.0 Å². The van der Waals surface area contributed by atoms with Crippen LogP contribution in [0.2, 0.25) is 0 Å². The Morgan fingerprint density at radius 1 is 0.913 bits per heavy atom. The van der Waals surface area contributed by atoms with Crippen molar-refractivity contribution in [2.45, 2.75) is 18.7 Å². The SMILES string of the molecule is COS(=O)(=O)c1ccc(C)cc1.Cc1cc2ccccc2cn1. The minimum absolute atomic E-state index is 0.190. The molecule has 120 valence electrons. The van der Waals surface area contributed by atoms with Gasteiger partial charge in [-0.05, 0) is 37.4 Å². The average Bonchev–Trinajstić information content (AvgIpc) is 2.56. The summed E-state index contributed by atoms with van der Waals surface area (Å²) < 4.78 is 26.5. The van der Waals surface area contributed by atoms with Crippen LogP contribution in [0.1, 0.15) is 11.3 Å². The molecule has 0 aliphatic carbocycles. The maximum Gasteiger partial charge on any atom is 0.296 e. The van der Waals surface area contributed by atoms with Crippen molar-refractivity contribution < 1.29 is 12.6 Å². The van der Waals surface area contributed by atoms with E-state index in [9.17, 15) is 8.42 Å². The molecule has 0 amide bonds. The molecular weight excluding hydrogens is 310 g/mol. The van der Waals surface area contributed by atoms with Crippen LogP contribution in [0.25, 0.3) is 10.8 Å². The standard InChI is InChI=1S/C10H9N.C8H10O3S/c1-8-6-9-4-2-3-5-10(9)7-11-8;1-7-3-5-8(6-4-7)12(9,10)11-2/h2-7H,1H3;3-6H,1-2H3. The Bertz CT molecular complexity index is 888. The first-order valence-electron chi connectivity index (χ1n) is 7.11. The fraction of sp³-hybridized carbons (Fsp3) is 0.167. The minimum Gasteiger partial charge on any atom is -0.270 e. The van der Waals surface area contributed by atoms with Gasteiger partial charge >= 0.3 is 0 Å². The highest BCUT2D eigenvalue weighted by Crippen LogP contribution is 2.12. The number of benzene rings is 2. The summed E-state index contributed by atoms with van der Waals surface area (Å²) in [5, 5.41) is 2.47. The number of fused-ring (bicyclic) bond motifs is 1. The Morgan fingerprint density at radius 2 is 1.52 bits per heavy atom. The zero-order chi connectivity index (χ0) is 16.9. The van der Waals surface area contributed by atoms with Crippen molar-refractivity contribution in [3.63, 3.8) is 0 Å². The van der Waals surface area contributed by atoms with Crippen LogP contribution < -0.4 is 0 Å². The van der Waals surface area contributed by atoms with Gasteiger partial charge in [-0.25, -0.2) is 0 Å². The van der Waals surface area contributed by atoms with Crippen LogP contribution in [-0.4, -0.2) is 20.5 Å². The number of nitrogens with zero attached hydrogens (tertiary/aromatic N) is 1. The van der Waals surface area contributed by atoms with Gasteiger partial charge in [0.2, 0.25) is 0 Å². The molecule has 0 aliphatic heterocycles. The van der Waals surface area contributed by atoms with E-state index >= 15 is 0 Å². The van der Waals surface area contributed by atoms with Crippen LogP contribution in [-0.2, 0) is 14.3 Å². The fourth-order valence-corrected chi connectivity index (χ4v) is 2.66. The van der Waals surface area contributed by atoms with Gasteiger partial charge < -0.3 is 0 Å². The molecule has 0 N–H and O–H groups in total. The first kappa shape index (κ1) is 17.1. The normalized spacial score (nSPS) is 10.9. The highest BCUT2D eigenvalue weighted by Gasteiger charge is 2.11. The smallest absolute Gasteiger partial charge is 0.270 e. The van der Waals surface area contributed by atoms with Crippen molar-refractivity contribution in [3.05, 3.63) is 72.1 Å². The van der Waals surface area contributed by atoms with Gasteiger partial charge in [-0.3, -0.25) is 9.17 Å².